The summed E-state index contributed by atoms with van der Waals surface area (Å²) in [5.41, 5.74) is 7.16. The van der Waals surface area contributed by atoms with Crippen molar-refractivity contribution in [2.24, 2.45) is 5.73 Å². The highest BCUT2D eigenvalue weighted by molar-refractivity contribution is 9.10. The third kappa shape index (κ3) is 3.72. The quantitative estimate of drug-likeness (QED) is 0.805. The Hall–Kier alpha value is -1.96. The van der Waals surface area contributed by atoms with Crippen LogP contribution in [0, 0.1) is 5.82 Å². The van der Waals surface area contributed by atoms with Crippen molar-refractivity contribution in [1.29, 1.82) is 0 Å². The van der Waals surface area contributed by atoms with Gasteiger partial charge in [-0.2, -0.15) is 0 Å². The van der Waals surface area contributed by atoms with E-state index in [1.54, 1.807) is 6.07 Å². The van der Waals surface area contributed by atoms with Gasteiger partial charge in [-0.15, -0.1) is 0 Å². The van der Waals surface area contributed by atoms with Gasteiger partial charge in [0, 0.05) is 30.7 Å². The molecule has 2 atom stereocenters. The second kappa shape index (κ2) is 7.58. The fourth-order valence-corrected chi connectivity index (χ4v) is 4.44. The van der Waals surface area contributed by atoms with Crippen LogP contribution in [0.4, 0.5) is 10.1 Å². The molecule has 1 amide bonds. The van der Waals surface area contributed by atoms with Gasteiger partial charge in [0.05, 0.1) is 30.0 Å². The number of nitrogens with zero attached hydrogens (tertiary/aromatic N) is 2. The summed E-state index contributed by atoms with van der Waals surface area (Å²) in [6, 6.07) is 13.5. The average molecular weight is 434 g/mol. The van der Waals surface area contributed by atoms with Gasteiger partial charge in [-0.25, -0.2) is 4.39 Å². The second-order valence-corrected chi connectivity index (χ2v) is 7.90. The molecule has 2 aromatic rings. The lowest BCUT2D eigenvalue weighted by Crippen LogP contribution is -2.50. The molecule has 2 aliphatic heterocycles. The van der Waals surface area contributed by atoms with Crippen molar-refractivity contribution in [2.75, 3.05) is 31.1 Å². The Morgan fingerprint density at radius 1 is 1.26 bits per heavy atom. The van der Waals surface area contributed by atoms with Gasteiger partial charge < -0.3 is 15.4 Å². The molecule has 2 aromatic carbocycles. The molecule has 5 nitrogen and oxygen atoms in total. The standard InChI is InChI=1S/C20H21BrFN3O2/c21-14-8-15(22)19(20(23)26)16(9-14)25-11-17-18(12-25)27-7-6-24(17)10-13-4-2-1-3-5-13/h1-5,8-9,17-18H,6-7,10-12H2,(H2,23,26). The van der Waals surface area contributed by atoms with Crippen LogP contribution in [0.3, 0.4) is 0 Å². The summed E-state index contributed by atoms with van der Waals surface area (Å²) in [5, 5.41) is 0. The van der Waals surface area contributed by atoms with E-state index in [0.29, 0.717) is 29.9 Å². The summed E-state index contributed by atoms with van der Waals surface area (Å²) in [4.78, 5) is 16.2. The number of nitrogens with two attached hydrogens (primary N) is 1. The monoisotopic (exact) mass is 433 g/mol. The number of fused-ring (bicyclic) bond motifs is 1. The summed E-state index contributed by atoms with van der Waals surface area (Å²) in [6.07, 6.45) is 0.0187. The van der Waals surface area contributed by atoms with Crippen molar-refractivity contribution in [3.8, 4) is 0 Å². The molecule has 142 valence electrons. The Morgan fingerprint density at radius 2 is 2.04 bits per heavy atom. The lowest BCUT2D eigenvalue weighted by Gasteiger charge is -2.36. The smallest absolute Gasteiger partial charge is 0.253 e. The van der Waals surface area contributed by atoms with Crippen molar-refractivity contribution < 1.29 is 13.9 Å². The normalized spacial score (nSPS) is 22.7. The van der Waals surface area contributed by atoms with Crippen molar-refractivity contribution in [1.82, 2.24) is 4.90 Å². The molecule has 2 unspecified atom stereocenters. The molecule has 0 bridgehead atoms. The third-order valence-electron chi connectivity index (χ3n) is 5.27. The van der Waals surface area contributed by atoms with E-state index >= 15 is 0 Å². The first kappa shape index (κ1) is 18.4. The number of carbonyl (C=O) groups excluding carboxylic acids is 1. The Bertz CT molecular complexity index is 849. The Kier molecular flexibility index (Phi) is 5.16. The Labute approximate surface area is 166 Å². The van der Waals surface area contributed by atoms with Gasteiger partial charge in [-0.3, -0.25) is 9.69 Å². The highest BCUT2D eigenvalue weighted by Crippen LogP contribution is 2.33. The molecule has 2 heterocycles. The van der Waals surface area contributed by atoms with Crippen LogP contribution >= 0.6 is 15.9 Å². The molecule has 27 heavy (non-hydrogen) atoms. The number of anilines is 1. The molecule has 0 spiro atoms. The highest BCUT2D eigenvalue weighted by Gasteiger charge is 2.41. The summed E-state index contributed by atoms with van der Waals surface area (Å²) < 4.78 is 20.9. The minimum atomic E-state index is -0.757. The minimum absolute atomic E-state index is 0.0187. The zero-order valence-corrected chi connectivity index (χ0v) is 16.4. The maximum atomic E-state index is 14.4. The molecule has 7 heteroatoms. The molecule has 0 radical (unpaired) electrons. The number of primary amides is 1. The Balaban J connectivity index is 1.59. The van der Waals surface area contributed by atoms with E-state index in [-0.39, 0.29) is 17.7 Å². The van der Waals surface area contributed by atoms with Gasteiger partial charge in [-0.1, -0.05) is 46.3 Å². The molecule has 2 aliphatic rings. The van der Waals surface area contributed by atoms with Gasteiger partial charge in [0.25, 0.3) is 5.91 Å². The molecular formula is C20H21BrFN3O2. The number of hydrogen-bond donors (Lipinski definition) is 1. The number of benzene rings is 2. The van der Waals surface area contributed by atoms with E-state index in [1.165, 1.54) is 11.6 Å². The first-order valence-corrected chi connectivity index (χ1v) is 9.75. The van der Waals surface area contributed by atoms with Crippen LogP contribution in [0.1, 0.15) is 15.9 Å². The number of ether oxygens (including phenoxy) is 1. The van der Waals surface area contributed by atoms with Crippen LogP contribution in [0.25, 0.3) is 0 Å². The molecule has 0 aliphatic carbocycles. The molecular weight excluding hydrogens is 413 g/mol. The topological polar surface area (TPSA) is 58.8 Å². The van der Waals surface area contributed by atoms with Crippen LogP contribution in [0.15, 0.2) is 46.9 Å². The van der Waals surface area contributed by atoms with E-state index in [4.69, 9.17) is 10.5 Å². The maximum Gasteiger partial charge on any atom is 0.253 e. The van der Waals surface area contributed by atoms with Crippen LogP contribution in [0.5, 0.6) is 0 Å². The van der Waals surface area contributed by atoms with E-state index in [9.17, 15) is 9.18 Å². The predicted octanol–water partition coefficient (Wildman–Crippen LogP) is 2.78. The third-order valence-corrected chi connectivity index (χ3v) is 5.72. The van der Waals surface area contributed by atoms with Crippen LogP contribution in [-0.2, 0) is 11.3 Å². The molecule has 4 rings (SSSR count). The molecule has 0 aromatic heterocycles. The van der Waals surface area contributed by atoms with E-state index < -0.39 is 11.7 Å². The van der Waals surface area contributed by atoms with Crippen molar-refractivity contribution in [3.63, 3.8) is 0 Å². The second-order valence-electron chi connectivity index (χ2n) is 6.98. The largest absolute Gasteiger partial charge is 0.373 e. The molecule has 2 saturated heterocycles. The number of amides is 1. The Morgan fingerprint density at radius 3 is 2.78 bits per heavy atom. The first-order chi connectivity index (χ1) is 13.0. The van der Waals surface area contributed by atoms with Crippen LogP contribution in [0.2, 0.25) is 0 Å². The minimum Gasteiger partial charge on any atom is -0.373 e. The van der Waals surface area contributed by atoms with Gasteiger partial charge in [0.1, 0.15) is 5.82 Å². The summed E-state index contributed by atoms with van der Waals surface area (Å²) in [7, 11) is 0. The number of rotatable bonds is 4. The van der Waals surface area contributed by atoms with E-state index in [2.05, 4.69) is 33.0 Å². The van der Waals surface area contributed by atoms with Gasteiger partial charge >= 0.3 is 0 Å². The maximum absolute atomic E-state index is 14.4. The molecule has 0 saturated carbocycles. The van der Waals surface area contributed by atoms with Crippen molar-refractivity contribution in [3.05, 3.63) is 63.9 Å². The summed E-state index contributed by atoms with van der Waals surface area (Å²) >= 11 is 3.32. The van der Waals surface area contributed by atoms with Crippen molar-refractivity contribution >= 4 is 27.5 Å². The SMILES string of the molecule is NC(=O)c1c(F)cc(Br)cc1N1CC2OCCN(Cc3ccccc3)C2C1. The molecule has 2 N–H and O–H groups in total. The predicted molar refractivity (Wildman–Crippen MR) is 105 cm³/mol. The number of hydrogen-bond acceptors (Lipinski definition) is 4. The first-order valence-electron chi connectivity index (χ1n) is 8.96. The van der Waals surface area contributed by atoms with Gasteiger partial charge in [0.15, 0.2) is 0 Å². The van der Waals surface area contributed by atoms with E-state index in [0.717, 1.165) is 13.1 Å². The zero-order chi connectivity index (χ0) is 19.0. The fourth-order valence-electron chi connectivity index (χ4n) is 4.02. The zero-order valence-electron chi connectivity index (χ0n) is 14.8. The fraction of sp³-hybridized carbons (Fsp3) is 0.350. The summed E-state index contributed by atoms with van der Waals surface area (Å²) in [6.45, 7) is 3.62. The summed E-state index contributed by atoms with van der Waals surface area (Å²) in [5.74, 6) is -1.37. The average Bonchev–Trinajstić information content (AvgIpc) is 3.07. The number of halogens is 2. The van der Waals surface area contributed by atoms with Gasteiger partial charge in [-0.05, 0) is 17.7 Å². The van der Waals surface area contributed by atoms with Gasteiger partial charge in [0.2, 0.25) is 0 Å². The number of carbonyl (C=O) groups is 1. The number of morpholine rings is 1. The van der Waals surface area contributed by atoms with E-state index in [1.807, 2.05) is 23.1 Å². The molecule has 2 fully saturated rings. The van der Waals surface area contributed by atoms with Crippen LogP contribution in [-0.4, -0.2) is 49.2 Å². The van der Waals surface area contributed by atoms with Crippen LogP contribution < -0.4 is 10.6 Å². The lowest BCUT2D eigenvalue weighted by molar-refractivity contribution is -0.0499. The highest BCUT2D eigenvalue weighted by atomic mass is 79.9. The van der Waals surface area contributed by atoms with Crippen molar-refractivity contribution in [2.45, 2.75) is 18.7 Å². The lowest BCUT2D eigenvalue weighted by atomic mass is 10.1.